The van der Waals surface area contributed by atoms with Gasteiger partial charge in [0, 0.05) is 10.9 Å². The summed E-state index contributed by atoms with van der Waals surface area (Å²) in [5.74, 6) is 0. The van der Waals surface area contributed by atoms with Crippen LogP contribution in [0.15, 0.2) is 249 Å². The van der Waals surface area contributed by atoms with Gasteiger partial charge in [0.05, 0.1) is 16.6 Å². The normalized spacial score (nSPS) is 12.6. The Bertz CT molecular complexity index is 3420. The molecule has 0 bridgehead atoms. The van der Waals surface area contributed by atoms with Crippen LogP contribution < -0.4 is 0 Å². The quantitative estimate of drug-likeness (QED) is 0.156. The first-order valence-electron chi connectivity index (χ1n) is 21.8. The second-order valence-electron chi connectivity index (χ2n) is 16.6. The molecule has 0 spiro atoms. The van der Waals surface area contributed by atoms with E-state index in [4.69, 9.17) is 4.98 Å². The van der Waals surface area contributed by atoms with Crippen LogP contribution in [0.25, 0.3) is 88.6 Å². The zero-order valence-electron chi connectivity index (χ0n) is 34.6. The van der Waals surface area contributed by atoms with Crippen molar-refractivity contribution in [3.05, 3.63) is 271 Å². The lowest BCUT2D eigenvalue weighted by Crippen LogP contribution is -2.28. The average Bonchev–Trinajstić information content (AvgIpc) is 3.68. The average molecular weight is 800 g/mol. The van der Waals surface area contributed by atoms with Gasteiger partial charge in [-0.3, -0.25) is 0 Å². The van der Waals surface area contributed by atoms with Crippen LogP contribution in [0.4, 0.5) is 0 Å². The summed E-state index contributed by atoms with van der Waals surface area (Å²) in [7, 11) is 0. The zero-order valence-corrected chi connectivity index (χ0v) is 34.6. The van der Waals surface area contributed by atoms with E-state index in [9.17, 15) is 0 Å². The van der Waals surface area contributed by atoms with Crippen molar-refractivity contribution in [3.63, 3.8) is 0 Å². The molecule has 0 radical (unpaired) electrons. The number of fused-ring (bicyclic) bond motifs is 5. The standard InChI is InChI=1S/C62H41N/c1-5-16-42(17-6-1)43-28-30-45(31-29-43)59-41-56(44-18-7-2-8-19-44)54-37-36-49(40-60(54)63-59)47-32-33-48-39-50(35-34-46(48)38-47)53-25-15-27-58-61(53)55-24-13-14-26-57(55)62(58,51-20-9-3-10-21-51)52-22-11-4-12-23-52/h1-41H. The fourth-order valence-electron chi connectivity index (χ4n) is 10.2. The van der Waals surface area contributed by atoms with Crippen molar-refractivity contribution in [2.45, 2.75) is 5.41 Å². The molecule has 10 aromatic carbocycles. The van der Waals surface area contributed by atoms with Gasteiger partial charge in [-0.15, -0.1) is 0 Å². The van der Waals surface area contributed by atoms with E-state index in [1.165, 1.54) is 83.1 Å². The molecule has 63 heavy (non-hydrogen) atoms. The SMILES string of the molecule is c1ccc(-c2ccc(-c3cc(-c4ccccc4)c4ccc(-c5ccc6cc(-c7cccc8c7-c7ccccc7C8(c7ccccc7)c7ccccc7)ccc6c5)cc4n3)cc2)cc1. The first kappa shape index (κ1) is 36.7. The van der Waals surface area contributed by atoms with Gasteiger partial charge in [-0.05, 0) is 113 Å². The number of nitrogens with zero attached hydrogens (tertiary/aromatic N) is 1. The first-order chi connectivity index (χ1) is 31.2. The minimum atomic E-state index is -0.430. The molecule has 1 aromatic heterocycles. The molecule has 12 rings (SSSR count). The third-order valence-corrected chi connectivity index (χ3v) is 13.1. The molecule has 1 heteroatoms. The Morgan fingerprint density at radius 1 is 0.286 bits per heavy atom. The van der Waals surface area contributed by atoms with Gasteiger partial charge in [0.25, 0.3) is 0 Å². The molecule has 0 N–H and O–H groups in total. The molecule has 1 nitrogen and oxygen atoms in total. The molecule has 1 aliphatic rings. The van der Waals surface area contributed by atoms with Gasteiger partial charge in [0.2, 0.25) is 0 Å². The zero-order chi connectivity index (χ0) is 41.7. The molecule has 0 unspecified atom stereocenters. The monoisotopic (exact) mass is 799 g/mol. The third kappa shape index (κ3) is 6.12. The Balaban J connectivity index is 0.946. The summed E-state index contributed by atoms with van der Waals surface area (Å²) in [4.78, 5) is 5.32. The van der Waals surface area contributed by atoms with Crippen molar-refractivity contribution in [2.24, 2.45) is 0 Å². The Kier molecular flexibility index (Phi) is 8.79. The second-order valence-corrected chi connectivity index (χ2v) is 16.6. The predicted octanol–water partition coefficient (Wildman–Crippen LogP) is 16.1. The molecule has 0 fully saturated rings. The van der Waals surface area contributed by atoms with Crippen LogP contribution in [-0.4, -0.2) is 4.98 Å². The van der Waals surface area contributed by atoms with Crippen molar-refractivity contribution < 1.29 is 0 Å². The summed E-state index contributed by atoms with van der Waals surface area (Å²) < 4.78 is 0. The predicted molar refractivity (Wildman–Crippen MR) is 264 cm³/mol. The molecule has 0 aliphatic heterocycles. The summed E-state index contributed by atoms with van der Waals surface area (Å²) in [6, 6.07) is 90.8. The molecule has 11 aromatic rings. The highest BCUT2D eigenvalue weighted by molar-refractivity contribution is 6.01. The van der Waals surface area contributed by atoms with E-state index in [1.54, 1.807) is 0 Å². The molecule has 1 heterocycles. The summed E-state index contributed by atoms with van der Waals surface area (Å²) in [6.45, 7) is 0. The van der Waals surface area contributed by atoms with E-state index in [-0.39, 0.29) is 0 Å². The number of hydrogen-bond acceptors (Lipinski definition) is 1. The van der Waals surface area contributed by atoms with E-state index in [1.807, 2.05) is 0 Å². The van der Waals surface area contributed by atoms with Crippen LogP contribution >= 0.6 is 0 Å². The minimum absolute atomic E-state index is 0.430. The first-order valence-corrected chi connectivity index (χ1v) is 21.8. The van der Waals surface area contributed by atoms with Crippen LogP contribution in [0.5, 0.6) is 0 Å². The Morgan fingerprint density at radius 2 is 0.778 bits per heavy atom. The Labute approximate surface area is 368 Å². The smallest absolute Gasteiger partial charge is 0.0721 e. The van der Waals surface area contributed by atoms with Gasteiger partial charge in [-0.1, -0.05) is 224 Å². The van der Waals surface area contributed by atoms with Gasteiger partial charge < -0.3 is 0 Å². The van der Waals surface area contributed by atoms with E-state index < -0.39 is 5.41 Å². The number of aromatic nitrogens is 1. The van der Waals surface area contributed by atoms with Crippen LogP contribution in [0.3, 0.4) is 0 Å². The van der Waals surface area contributed by atoms with Crippen LogP contribution in [0.2, 0.25) is 0 Å². The fraction of sp³-hybridized carbons (Fsp3) is 0.0161. The maximum absolute atomic E-state index is 5.32. The lowest BCUT2D eigenvalue weighted by molar-refractivity contribution is 0.768. The van der Waals surface area contributed by atoms with E-state index >= 15 is 0 Å². The molecule has 0 amide bonds. The van der Waals surface area contributed by atoms with E-state index in [0.29, 0.717) is 0 Å². The highest BCUT2D eigenvalue weighted by Crippen LogP contribution is 2.58. The highest BCUT2D eigenvalue weighted by atomic mass is 14.7. The van der Waals surface area contributed by atoms with Crippen LogP contribution in [0.1, 0.15) is 22.3 Å². The van der Waals surface area contributed by atoms with Crippen molar-refractivity contribution in [1.29, 1.82) is 0 Å². The summed E-state index contributed by atoms with van der Waals surface area (Å²) in [5, 5.41) is 3.56. The van der Waals surface area contributed by atoms with Gasteiger partial charge in [0.15, 0.2) is 0 Å². The Hall–Kier alpha value is -8.13. The fourth-order valence-corrected chi connectivity index (χ4v) is 10.2. The number of hydrogen-bond donors (Lipinski definition) is 0. The summed E-state index contributed by atoms with van der Waals surface area (Å²) >= 11 is 0. The molecular formula is C62H41N. The maximum atomic E-state index is 5.32. The lowest BCUT2D eigenvalue weighted by atomic mass is 9.67. The summed E-state index contributed by atoms with van der Waals surface area (Å²) in [6.07, 6.45) is 0. The topological polar surface area (TPSA) is 12.9 Å². The van der Waals surface area contributed by atoms with Crippen molar-refractivity contribution >= 4 is 21.7 Å². The lowest BCUT2D eigenvalue weighted by Gasteiger charge is -2.34. The number of pyridine rings is 1. The van der Waals surface area contributed by atoms with Gasteiger partial charge in [0.1, 0.15) is 0 Å². The molecule has 1 aliphatic carbocycles. The van der Waals surface area contributed by atoms with Gasteiger partial charge >= 0.3 is 0 Å². The van der Waals surface area contributed by atoms with Crippen molar-refractivity contribution in [2.75, 3.05) is 0 Å². The van der Waals surface area contributed by atoms with E-state index in [2.05, 4.69) is 249 Å². The molecule has 0 atom stereocenters. The molecule has 294 valence electrons. The van der Waals surface area contributed by atoms with Crippen molar-refractivity contribution in [1.82, 2.24) is 4.98 Å². The maximum Gasteiger partial charge on any atom is 0.0721 e. The highest BCUT2D eigenvalue weighted by Gasteiger charge is 2.46. The molecular weight excluding hydrogens is 759 g/mol. The van der Waals surface area contributed by atoms with Crippen LogP contribution in [-0.2, 0) is 5.41 Å². The Morgan fingerprint density at radius 3 is 1.48 bits per heavy atom. The molecule has 0 saturated heterocycles. The second kappa shape index (κ2) is 15.1. The van der Waals surface area contributed by atoms with Crippen molar-refractivity contribution in [3.8, 4) is 66.9 Å². The molecule has 0 saturated carbocycles. The minimum Gasteiger partial charge on any atom is -0.248 e. The number of benzene rings is 10. The van der Waals surface area contributed by atoms with E-state index in [0.717, 1.165) is 27.7 Å². The third-order valence-electron chi connectivity index (χ3n) is 13.1. The summed E-state index contributed by atoms with van der Waals surface area (Å²) in [5.41, 5.74) is 19.9. The largest absolute Gasteiger partial charge is 0.248 e. The van der Waals surface area contributed by atoms with Gasteiger partial charge in [-0.25, -0.2) is 4.98 Å². The van der Waals surface area contributed by atoms with Crippen LogP contribution in [0, 0.1) is 0 Å². The number of rotatable bonds is 7. The van der Waals surface area contributed by atoms with Gasteiger partial charge in [-0.2, -0.15) is 0 Å².